The summed E-state index contributed by atoms with van der Waals surface area (Å²) in [6.45, 7) is 0.862. The molecule has 7 heteroatoms. The van der Waals surface area contributed by atoms with Crippen LogP contribution >= 0.6 is 0 Å². The number of fused-ring (bicyclic) bond motifs is 1. The van der Waals surface area contributed by atoms with E-state index in [0.717, 1.165) is 23.9 Å². The lowest BCUT2D eigenvalue weighted by Gasteiger charge is -2.08. The lowest BCUT2D eigenvalue weighted by molar-refractivity contribution is -0.116. The van der Waals surface area contributed by atoms with Crippen molar-refractivity contribution in [2.24, 2.45) is 7.05 Å². The maximum Gasteiger partial charge on any atom is 0.272 e. The van der Waals surface area contributed by atoms with E-state index in [1.165, 1.54) is 0 Å². The number of anilines is 2. The Balaban J connectivity index is 1.62. The van der Waals surface area contributed by atoms with Gasteiger partial charge in [-0.25, -0.2) is 0 Å². The van der Waals surface area contributed by atoms with Gasteiger partial charge in [0.25, 0.3) is 5.91 Å². The van der Waals surface area contributed by atoms with Gasteiger partial charge in [-0.15, -0.1) is 0 Å². The molecule has 0 aliphatic rings. The van der Waals surface area contributed by atoms with Gasteiger partial charge in [-0.05, 0) is 56.7 Å². The summed E-state index contributed by atoms with van der Waals surface area (Å²) < 4.78 is 1.71. The summed E-state index contributed by atoms with van der Waals surface area (Å²) in [5, 5.41) is 6.84. The first-order valence-corrected chi connectivity index (χ1v) is 8.92. The number of aryl methyl sites for hydroxylation is 1. The molecule has 0 atom stereocenters. The minimum atomic E-state index is -0.225. The van der Waals surface area contributed by atoms with Crippen molar-refractivity contribution in [1.82, 2.24) is 14.5 Å². The smallest absolute Gasteiger partial charge is 0.272 e. The SMILES string of the molecule is CN(C)CCCC(=O)Nc1cc(C(=O)Nc2ccc3cc[nH]c3c2)n(C)c1. The van der Waals surface area contributed by atoms with Gasteiger partial charge in [-0.3, -0.25) is 9.59 Å². The fourth-order valence-corrected chi connectivity index (χ4v) is 2.96. The van der Waals surface area contributed by atoms with Gasteiger partial charge < -0.3 is 25.1 Å². The molecule has 27 heavy (non-hydrogen) atoms. The predicted molar refractivity (Wildman–Crippen MR) is 108 cm³/mol. The van der Waals surface area contributed by atoms with Gasteiger partial charge in [0.05, 0.1) is 5.69 Å². The van der Waals surface area contributed by atoms with E-state index in [-0.39, 0.29) is 11.8 Å². The molecule has 0 aliphatic carbocycles. The van der Waals surface area contributed by atoms with E-state index < -0.39 is 0 Å². The number of benzene rings is 1. The van der Waals surface area contributed by atoms with Crippen molar-refractivity contribution in [3.8, 4) is 0 Å². The average Bonchev–Trinajstić information content (AvgIpc) is 3.20. The zero-order valence-corrected chi connectivity index (χ0v) is 15.9. The van der Waals surface area contributed by atoms with Crippen LogP contribution in [0.25, 0.3) is 10.9 Å². The number of nitrogens with one attached hydrogen (secondary N) is 3. The van der Waals surface area contributed by atoms with Crippen LogP contribution in [0.2, 0.25) is 0 Å². The zero-order valence-electron chi connectivity index (χ0n) is 15.9. The van der Waals surface area contributed by atoms with E-state index in [0.29, 0.717) is 23.5 Å². The fourth-order valence-electron chi connectivity index (χ4n) is 2.96. The summed E-state index contributed by atoms with van der Waals surface area (Å²) >= 11 is 0. The van der Waals surface area contributed by atoms with Crippen molar-refractivity contribution >= 4 is 34.1 Å². The number of hydrogen-bond donors (Lipinski definition) is 3. The Hall–Kier alpha value is -3.06. The van der Waals surface area contributed by atoms with Crippen molar-refractivity contribution in [2.45, 2.75) is 12.8 Å². The molecule has 0 bridgehead atoms. The van der Waals surface area contributed by atoms with Crippen LogP contribution in [0, 0.1) is 0 Å². The molecule has 3 aromatic rings. The molecule has 0 unspecified atom stereocenters. The molecule has 0 spiro atoms. The number of aromatic nitrogens is 2. The van der Waals surface area contributed by atoms with E-state index >= 15 is 0 Å². The summed E-state index contributed by atoms with van der Waals surface area (Å²) in [5.74, 6) is -0.275. The molecule has 2 aromatic heterocycles. The van der Waals surface area contributed by atoms with Crippen LogP contribution in [-0.4, -0.2) is 46.9 Å². The summed E-state index contributed by atoms with van der Waals surface area (Å²) in [4.78, 5) is 29.8. The van der Waals surface area contributed by atoms with Gasteiger partial charge >= 0.3 is 0 Å². The van der Waals surface area contributed by atoms with Gasteiger partial charge in [0.1, 0.15) is 5.69 Å². The Bertz CT molecular complexity index is 954. The zero-order chi connectivity index (χ0) is 19.4. The normalized spacial score (nSPS) is 11.1. The van der Waals surface area contributed by atoms with E-state index in [1.54, 1.807) is 23.9 Å². The van der Waals surface area contributed by atoms with E-state index in [2.05, 4.69) is 15.6 Å². The summed E-state index contributed by atoms with van der Waals surface area (Å²) in [5.41, 5.74) is 2.78. The Kier molecular flexibility index (Phi) is 5.61. The summed E-state index contributed by atoms with van der Waals surface area (Å²) in [6, 6.07) is 9.37. The molecule has 7 nitrogen and oxygen atoms in total. The molecule has 2 amide bonds. The quantitative estimate of drug-likeness (QED) is 0.600. The van der Waals surface area contributed by atoms with Gasteiger partial charge in [0.2, 0.25) is 5.91 Å². The fraction of sp³-hybridized carbons (Fsp3) is 0.300. The molecule has 0 radical (unpaired) electrons. The van der Waals surface area contributed by atoms with E-state index in [9.17, 15) is 9.59 Å². The Labute approximate surface area is 158 Å². The molecular formula is C20H25N5O2. The Morgan fingerprint density at radius 3 is 2.70 bits per heavy atom. The number of carbonyl (C=O) groups is 2. The standard InChI is InChI=1S/C20H25N5O2/c1-24(2)10-4-5-19(26)22-16-12-18(25(3)13-16)20(27)23-15-7-6-14-8-9-21-17(14)11-15/h6-9,11-13,21H,4-5,10H2,1-3H3,(H,22,26)(H,23,27). The predicted octanol–water partition coefficient (Wildman–Crippen LogP) is 3.04. The van der Waals surface area contributed by atoms with Gasteiger partial charge in [-0.1, -0.05) is 6.07 Å². The lowest BCUT2D eigenvalue weighted by atomic mass is 10.2. The van der Waals surface area contributed by atoms with Crippen LogP contribution in [-0.2, 0) is 11.8 Å². The van der Waals surface area contributed by atoms with Crippen LogP contribution in [0.5, 0.6) is 0 Å². The first-order valence-electron chi connectivity index (χ1n) is 8.92. The number of H-pyrrole nitrogens is 1. The van der Waals surface area contributed by atoms with Crippen molar-refractivity contribution in [1.29, 1.82) is 0 Å². The van der Waals surface area contributed by atoms with Gasteiger partial charge in [0.15, 0.2) is 0 Å². The third kappa shape index (κ3) is 4.77. The second-order valence-electron chi connectivity index (χ2n) is 6.91. The monoisotopic (exact) mass is 367 g/mol. The maximum absolute atomic E-state index is 12.6. The number of hydrogen-bond acceptors (Lipinski definition) is 3. The molecule has 142 valence electrons. The molecule has 0 saturated heterocycles. The second kappa shape index (κ2) is 8.09. The second-order valence-corrected chi connectivity index (χ2v) is 6.91. The Morgan fingerprint density at radius 2 is 1.93 bits per heavy atom. The molecule has 0 saturated carbocycles. The highest BCUT2D eigenvalue weighted by Gasteiger charge is 2.14. The van der Waals surface area contributed by atoms with Gasteiger partial charge in [-0.2, -0.15) is 0 Å². The molecule has 3 rings (SSSR count). The topological polar surface area (TPSA) is 82.2 Å². The third-order valence-corrected chi connectivity index (χ3v) is 4.34. The molecule has 0 fully saturated rings. The molecular weight excluding hydrogens is 342 g/mol. The van der Waals surface area contributed by atoms with E-state index in [1.807, 2.05) is 49.5 Å². The summed E-state index contributed by atoms with van der Waals surface area (Å²) in [6.07, 6.45) is 4.85. The number of nitrogens with zero attached hydrogens (tertiary/aromatic N) is 2. The van der Waals surface area contributed by atoms with Crippen LogP contribution in [0.4, 0.5) is 11.4 Å². The minimum Gasteiger partial charge on any atom is -0.361 e. The first kappa shape index (κ1) is 18.7. The Morgan fingerprint density at radius 1 is 1.11 bits per heavy atom. The van der Waals surface area contributed by atoms with Crippen molar-refractivity contribution < 1.29 is 9.59 Å². The highest BCUT2D eigenvalue weighted by atomic mass is 16.2. The highest BCUT2D eigenvalue weighted by Crippen LogP contribution is 2.19. The van der Waals surface area contributed by atoms with Crippen LogP contribution in [0.3, 0.4) is 0 Å². The molecule has 3 N–H and O–H groups in total. The lowest BCUT2D eigenvalue weighted by Crippen LogP contribution is -2.17. The molecule has 2 heterocycles. The average molecular weight is 367 g/mol. The third-order valence-electron chi connectivity index (χ3n) is 4.34. The molecule has 1 aromatic carbocycles. The van der Waals surface area contributed by atoms with E-state index in [4.69, 9.17) is 0 Å². The van der Waals surface area contributed by atoms with Crippen molar-refractivity contribution in [3.05, 3.63) is 48.4 Å². The van der Waals surface area contributed by atoms with Gasteiger partial charge in [0, 0.05) is 37.1 Å². The first-order chi connectivity index (χ1) is 12.9. The number of aromatic amines is 1. The molecule has 0 aliphatic heterocycles. The van der Waals surface area contributed by atoms with Crippen LogP contribution < -0.4 is 10.6 Å². The highest BCUT2D eigenvalue weighted by molar-refractivity contribution is 6.05. The summed E-state index contributed by atoms with van der Waals surface area (Å²) in [7, 11) is 5.74. The number of amides is 2. The minimum absolute atomic E-state index is 0.0494. The number of rotatable bonds is 7. The van der Waals surface area contributed by atoms with Crippen molar-refractivity contribution in [3.63, 3.8) is 0 Å². The van der Waals surface area contributed by atoms with Crippen LogP contribution in [0.15, 0.2) is 42.7 Å². The van der Waals surface area contributed by atoms with Crippen LogP contribution in [0.1, 0.15) is 23.3 Å². The maximum atomic E-state index is 12.6. The van der Waals surface area contributed by atoms with Crippen molar-refractivity contribution in [2.75, 3.05) is 31.3 Å². The number of carbonyl (C=O) groups excluding carboxylic acids is 2. The largest absolute Gasteiger partial charge is 0.361 e.